The second-order valence-electron chi connectivity index (χ2n) is 21.7. The van der Waals surface area contributed by atoms with E-state index in [9.17, 15) is 19.8 Å². The zero-order chi connectivity index (χ0) is 51.4. The quantitative estimate of drug-likeness (QED) is 0.0321. The van der Waals surface area contributed by atoms with Crippen LogP contribution in [0.2, 0.25) is 0 Å². The molecule has 2 atom stereocenters. The molecule has 0 bridgehead atoms. The van der Waals surface area contributed by atoms with Crippen LogP contribution in [-0.4, -0.2) is 47.4 Å². The van der Waals surface area contributed by atoms with Crippen molar-refractivity contribution in [3.63, 3.8) is 0 Å². The van der Waals surface area contributed by atoms with Crippen molar-refractivity contribution in [2.24, 2.45) is 0 Å². The van der Waals surface area contributed by atoms with Gasteiger partial charge in [-0.3, -0.25) is 9.59 Å². The van der Waals surface area contributed by atoms with Gasteiger partial charge < -0.3 is 20.3 Å². The fraction of sp³-hybridized carbons (Fsp3) is 0.877. The second kappa shape index (κ2) is 60.6. The number of carbonyl (C=O) groups is 2. The van der Waals surface area contributed by atoms with Gasteiger partial charge in [-0.1, -0.05) is 281 Å². The minimum Gasteiger partial charge on any atom is -0.466 e. The first kappa shape index (κ1) is 69.1. The number of ether oxygens (including phenoxy) is 1. The molecule has 0 aliphatic rings. The zero-order valence-corrected chi connectivity index (χ0v) is 47.7. The van der Waals surface area contributed by atoms with E-state index in [1.54, 1.807) is 0 Å². The Hall–Kier alpha value is -1.92. The van der Waals surface area contributed by atoms with Crippen LogP contribution in [0.1, 0.15) is 341 Å². The van der Waals surface area contributed by atoms with Gasteiger partial charge in [0.15, 0.2) is 0 Å². The first-order chi connectivity index (χ1) is 35.0. The molecule has 6 nitrogen and oxygen atoms in total. The van der Waals surface area contributed by atoms with Crippen LogP contribution in [0.4, 0.5) is 0 Å². The Labute approximate surface area is 443 Å². The lowest BCUT2D eigenvalue weighted by Crippen LogP contribution is -2.45. The minimum absolute atomic E-state index is 0.00798. The largest absolute Gasteiger partial charge is 0.466 e. The van der Waals surface area contributed by atoms with E-state index >= 15 is 0 Å². The lowest BCUT2D eigenvalue weighted by molar-refractivity contribution is -0.143. The Morgan fingerprint density at radius 2 is 0.704 bits per heavy atom. The molecule has 0 fully saturated rings. The van der Waals surface area contributed by atoms with E-state index < -0.39 is 12.1 Å². The van der Waals surface area contributed by atoms with Crippen LogP contribution in [-0.2, 0) is 14.3 Å². The number of hydrogen-bond acceptors (Lipinski definition) is 5. The summed E-state index contributed by atoms with van der Waals surface area (Å²) >= 11 is 0. The van der Waals surface area contributed by atoms with Gasteiger partial charge in [0.1, 0.15) is 0 Å². The predicted molar refractivity (Wildman–Crippen MR) is 310 cm³/mol. The summed E-state index contributed by atoms with van der Waals surface area (Å²) in [4.78, 5) is 24.5. The highest BCUT2D eigenvalue weighted by Gasteiger charge is 2.20. The van der Waals surface area contributed by atoms with Gasteiger partial charge in [0.05, 0.1) is 25.4 Å². The molecule has 0 radical (unpaired) electrons. The SMILES string of the molecule is CCCCC/C=C\C/C=C\CCCCCCCCCC(=O)OCCCCCCCCCCCCCC/C=C\CCCCCCCCCCCCCCC(=O)NC(CO)C(O)CCCCCCCCCCC. The van der Waals surface area contributed by atoms with Gasteiger partial charge in [0.2, 0.25) is 5.91 Å². The predicted octanol–water partition coefficient (Wildman–Crippen LogP) is 20.0. The molecule has 0 rings (SSSR count). The maximum Gasteiger partial charge on any atom is 0.305 e. The Morgan fingerprint density at radius 1 is 0.394 bits per heavy atom. The zero-order valence-electron chi connectivity index (χ0n) is 47.7. The molecule has 0 aliphatic heterocycles. The molecule has 2 unspecified atom stereocenters. The smallest absolute Gasteiger partial charge is 0.305 e. The first-order valence-corrected chi connectivity index (χ1v) is 31.7. The van der Waals surface area contributed by atoms with Crippen LogP contribution in [0.15, 0.2) is 36.5 Å². The molecule has 0 aromatic heterocycles. The minimum atomic E-state index is -0.662. The second-order valence-corrected chi connectivity index (χ2v) is 21.7. The lowest BCUT2D eigenvalue weighted by atomic mass is 10.0. The third-order valence-electron chi connectivity index (χ3n) is 14.7. The summed E-state index contributed by atoms with van der Waals surface area (Å²) in [5.41, 5.74) is 0. The summed E-state index contributed by atoms with van der Waals surface area (Å²) in [7, 11) is 0. The molecular weight excluding hydrogens is 875 g/mol. The van der Waals surface area contributed by atoms with Gasteiger partial charge in [-0.15, -0.1) is 0 Å². The summed E-state index contributed by atoms with van der Waals surface area (Å²) in [6.07, 6.45) is 76.1. The van der Waals surface area contributed by atoms with E-state index in [4.69, 9.17) is 4.74 Å². The molecule has 6 heteroatoms. The number of unbranched alkanes of at least 4 members (excludes halogenated alkanes) is 42. The van der Waals surface area contributed by atoms with Gasteiger partial charge in [0.25, 0.3) is 0 Å². The molecule has 418 valence electrons. The van der Waals surface area contributed by atoms with Crippen molar-refractivity contribution >= 4 is 11.9 Å². The maximum atomic E-state index is 12.4. The van der Waals surface area contributed by atoms with Gasteiger partial charge in [-0.2, -0.15) is 0 Å². The fourth-order valence-corrected chi connectivity index (χ4v) is 9.78. The van der Waals surface area contributed by atoms with Crippen LogP contribution >= 0.6 is 0 Å². The van der Waals surface area contributed by atoms with Gasteiger partial charge >= 0.3 is 5.97 Å². The van der Waals surface area contributed by atoms with Crippen molar-refractivity contribution in [2.45, 2.75) is 353 Å². The fourth-order valence-electron chi connectivity index (χ4n) is 9.78. The Kier molecular flexibility index (Phi) is 59.0. The van der Waals surface area contributed by atoms with E-state index in [-0.39, 0.29) is 18.5 Å². The lowest BCUT2D eigenvalue weighted by Gasteiger charge is -2.22. The number of amides is 1. The van der Waals surface area contributed by atoms with E-state index in [1.165, 1.54) is 257 Å². The third kappa shape index (κ3) is 57.2. The molecule has 0 saturated heterocycles. The molecule has 0 spiro atoms. The van der Waals surface area contributed by atoms with Crippen molar-refractivity contribution in [1.29, 1.82) is 0 Å². The van der Waals surface area contributed by atoms with Crippen LogP contribution in [0.5, 0.6) is 0 Å². The summed E-state index contributed by atoms with van der Waals surface area (Å²) in [5, 5.41) is 23.1. The van der Waals surface area contributed by atoms with Crippen molar-refractivity contribution in [2.75, 3.05) is 13.2 Å². The average molecular weight is 999 g/mol. The molecule has 0 aromatic rings. The van der Waals surface area contributed by atoms with Gasteiger partial charge in [-0.25, -0.2) is 0 Å². The summed E-state index contributed by atoms with van der Waals surface area (Å²) in [6, 6.07) is -0.539. The van der Waals surface area contributed by atoms with E-state index in [0.29, 0.717) is 25.9 Å². The van der Waals surface area contributed by atoms with Gasteiger partial charge in [-0.05, 0) is 83.5 Å². The summed E-state index contributed by atoms with van der Waals surface area (Å²) < 4.78 is 5.49. The number of allylic oxidation sites excluding steroid dienone is 6. The molecule has 3 N–H and O–H groups in total. The molecule has 71 heavy (non-hydrogen) atoms. The number of esters is 1. The molecule has 1 amide bonds. The number of aliphatic hydroxyl groups excluding tert-OH is 2. The number of nitrogens with one attached hydrogen (secondary N) is 1. The maximum absolute atomic E-state index is 12.4. The third-order valence-corrected chi connectivity index (χ3v) is 14.7. The highest BCUT2D eigenvalue weighted by Crippen LogP contribution is 2.17. The topological polar surface area (TPSA) is 95.9 Å². The van der Waals surface area contributed by atoms with Crippen LogP contribution in [0.25, 0.3) is 0 Å². The summed E-state index contributed by atoms with van der Waals surface area (Å²) in [6.45, 7) is 4.92. The van der Waals surface area contributed by atoms with Crippen molar-refractivity contribution in [3.05, 3.63) is 36.5 Å². The molecule has 0 aromatic carbocycles. The Balaban J connectivity index is 3.34. The molecular formula is C65H123NO5. The Morgan fingerprint density at radius 3 is 1.11 bits per heavy atom. The van der Waals surface area contributed by atoms with Gasteiger partial charge in [0, 0.05) is 12.8 Å². The van der Waals surface area contributed by atoms with Crippen molar-refractivity contribution in [1.82, 2.24) is 5.32 Å². The number of carbonyl (C=O) groups excluding carboxylic acids is 2. The van der Waals surface area contributed by atoms with Crippen LogP contribution in [0, 0.1) is 0 Å². The van der Waals surface area contributed by atoms with Crippen LogP contribution in [0.3, 0.4) is 0 Å². The van der Waals surface area contributed by atoms with E-state index in [0.717, 1.165) is 51.4 Å². The summed E-state index contributed by atoms with van der Waals surface area (Å²) in [5.74, 6) is -0.0288. The Bertz CT molecular complexity index is 1150. The standard InChI is InChI=1S/C65H123NO5/c1-3-5-7-9-11-13-14-15-16-29-33-36-39-43-47-51-55-59-65(70)71-60-56-52-48-44-40-37-34-31-28-26-24-22-20-18-17-19-21-23-25-27-30-32-35-38-42-46-50-54-58-64(69)66-62(61-67)63(68)57-53-49-45-41-12-10-8-6-4-2/h11,13,15-18,62-63,67-68H,3-10,12,14,19-61H2,1-2H3,(H,66,69)/b13-11-,16-15-,18-17-. The van der Waals surface area contributed by atoms with Crippen molar-refractivity contribution in [3.8, 4) is 0 Å². The van der Waals surface area contributed by atoms with Crippen molar-refractivity contribution < 1.29 is 24.5 Å². The van der Waals surface area contributed by atoms with E-state index in [2.05, 4.69) is 55.6 Å². The number of aliphatic hydroxyl groups is 2. The normalized spacial score (nSPS) is 12.8. The monoisotopic (exact) mass is 998 g/mol. The first-order valence-electron chi connectivity index (χ1n) is 31.7. The highest BCUT2D eigenvalue weighted by atomic mass is 16.5. The van der Waals surface area contributed by atoms with Crippen LogP contribution < -0.4 is 5.32 Å². The van der Waals surface area contributed by atoms with E-state index in [1.807, 2.05) is 0 Å². The molecule has 0 heterocycles. The highest BCUT2D eigenvalue weighted by molar-refractivity contribution is 5.76. The average Bonchev–Trinajstić information content (AvgIpc) is 3.37. The number of rotatable bonds is 59. The molecule has 0 aliphatic carbocycles. The molecule has 0 saturated carbocycles. The number of hydrogen-bond donors (Lipinski definition) is 3.